The SMILES string of the molecule is CCCNC(=O)C1CSC(c2cccs2)N1C(=O)c1cc(OC)c(OC)c(OC)c1. The van der Waals surface area contributed by atoms with Crippen molar-refractivity contribution >= 4 is 34.9 Å². The van der Waals surface area contributed by atoms with E-state index in [1.165, 1.54) is 21.3 Å². The van der Waals surface area contributed by atoms with Crippen LogP contribution in [0.1, 0.15) is 34.0 Å². The summed E-state index contributed by atoms with van der Waals surface area (Å²) in [5.74, 6) is 1.35. The minimum Gasteiger partial charge on any atom is -0.493 e. The van der Waals surface area contributed by atoms with Gasteiger partial charge < -0.3 is 24.4 Å². The van der Waals surface area contributed by atoms with Crippen molar-refractivity contribution in [3.8, 4) is 17.2 Å². The summed E-state index contributed by atoms with van der Waals surface area (Å²) in [6, 6.07) is 6.63. The van der Waals surface area contributed by atoms with Crippen LogP contribution < -0.4 is 19.5 Å². The average molecular weight is 451 g/mol. The van der Waals surface area contributed by atoms with Gasteiger partial charge >= 0.3 is 0 Å². The third-order valence-corrected chi connectivity index (χ3v) is 7.16. The summed E-state index contributed by atoms with van der Waals surface area (Å²) in [6.45, 7) is 2.58. The van der Waals surface area contributed by atoms with Crippen molar-refractivity contribution in [1.29, 1.82) is 0 Å². The second kappa shape index (κ2) is 10.1. The van der Waals surface area contributed by atoms with Crippen molar-refractivity contribution in [3.63, 3.8) is 0 Å². The monoisotopic (exact) mass is 450 g/mol. The Balaban J connectivity index is 2.01. The highest BCUT2D eigenvalue weighted by atomic mass is 32.2. The van der Waals surface area contributed by atoms with Crippen LogP contribution in [0.5, 0.6) is 17.2 Å². The van der Waals surface area contributed by atoms with Crippen LogP contribution in [0.4, 0.5) is 0 Å². The molecule has 1 fully saturated rings. The van der Waals surface area contributed by atoms with Crippen LogP contribution in [0.15, 0.2) is 29.6 Å². The Morgan fingerprint density at radius 3 is 2.40 bits per heavy atom. The highest BCUT2D eigenvalue weighted by Crippen LogP contribution is 2.45. The van der Waals surface area contributed by atoms with Gasteiger partial charge in [0.05, 0.1) is 21.3 Å². The zero-order valence-corrected chi connectivity index (χ0v) is 19.1. The number of nitrogens with one attached hydrogen (secondary N) is 1. The van der Waals surface area contributed by atoms with Crippen molar-refractivity contribution in [2.45, 2.75) is 24.8 Å². The molecule has 1 N–H and O–H groups in total. The maximum absolute atomic E-state index is 13.7. The lowest BCUT2D eigenvalue weighted by Gasteiger charge is -2.29. The number of carbonyl (C=O) groups is 2. The van der Waals surface area contributed by atoms with Crippen LogP contribution in [0, 0.1) is 0 Å². The molecule has 1 saturated heterocycles. The van der Waals surface area contributed by atoms with Crippen LogP contribution in [0.2, 0.25) is 0 Å². The van der Waals surface area contributed by atoms with Gasteiger partial charge in [0.15, 0.2) is 11.5 Å². The molecule has 2 atom stereocenters. The minimum absolute atomic E-state index is 0.135. The molecular weight excluding hydrogens is 424 g/mol. The molecule has 1 aromatic heterocycles. The van der Waals surface area contributed by atoms with E-state index in [1.54, 1.807) is 40.1 Å². The van der Waals surface area contributed by atoms with Crippen molar-refractivity contribution in [2.24, 2.45) is 0 Å². The molecule has 1 aliphatic rings. The molecule has 9 heteroatoms. The van der Waals surface area contributed by atoms with Crippen LogP contribution in [0.3, 0.4) is 0 Å². The molecule has 0 radical (unpaired) electrons. The van der Waals surface area contributed by atoms with Crippen LogP contribution in [-0.2, 0) is 4.79 Å². The Morgan fingerprint density at radius 1 is 1.17 bits per heavy atom. The Labute approximate surface area is 184 Å². The summed E-state index contributed by atoms with van der Waals surface area (Å²) in [4.78, 5) is 29.2. The highest BCUT2D eigenvalue weighted by molar-refractivity contribution is 7.99. The van der Waals surface area contributed by atoms with E-state index in [9.17, 15) is 9.59 Å². The number of amides is 2. The Hall–Kier alpha value is -2.39. The first-order valence-electron chi connectivity index (χ1n) is 9.61. The van der Waals surface area contributed by atoms with Gasteiger partial charge in [0.2, 0.25) is 11.7 Å². The van der Waals surface area contributed by atoms with Gasteiger partial charge in [0.1, 0.15) is 11.4 Å². The fraction of sp³-hybridized carbons (Fsp3) is 0.429. The molecule has 1 aromatic carbocycles. The van der Waals surface area contributed by atoms with Crippen LogP contribution in [0.25, 0.3) is 0 Å². The molecular formula is C21H26N2O5S2. The van der Waals surface area contributed by atoms with Gasteiger partial charge in [-0.15, -0.1) is 23.1 Å². The van der Waals surface area contributed by atoms with Gasteiger partial charge in [-0.2, -0.15) is 0 Å². The first-order valence-corrected chi connectivity index (χ1v) is 11.5. The van der Waals surface area contributed by atoms with E-state index in [0.29, 0.717) is 35.1 Å². The molecule has 1 aliphatic heterocycles. The van der Waals surface area contributed by atoms with Gasteiger partial charge in [0.25, 0.3) is 5.91 Å². The van der Waals surface area contributed by atoms with Gasteiger partial charge in [-0.05, 0) is 30.0 Å². The lowest BCUT2D eigenvalue weighted by Crippen LogP contribution is -2.48. The fourth-order valence-corrected chi connectivity index (χ4v) is 5.72. The summed E-state index contributed by atoms with van der Waals surface area (Å²) in [7, 11) is 4.53. The molecule has 30 heavy (non-hydrogen) atoms. The molecule has 2 heterocycles. The van der Waals surface area contributed by atoms with Crippen molar-refractivity contribution in [3.05, 3.63) is 40.1 Å². The zero-order valence-electron chi connectivity index (χ0n) is 17.5. The lowest BCUT2D eigenvalue weighted by molar-refractivity contribution is -0.124. The number of hydrogen-bond donors (Lipinski definition) is 1. The highest BCUT2D eigenvalue weighted by Gasteiger charge is 2.43. The normalized spacial score (nSPS) is 18.2. The molecule has 0 bridgehead atoms. The number of thiophene rings is 1. The molecule has 0 saturated carbocycles. The maximum Gasteiger partial charge on any atom is 0.256 e. The Bertz CT molecular complexity index is 863. The molecule has 162 valence electrons. The fourth-order valence-electron chi connectivity index (χ4n) is 3.33. The minimum atomic E-state index is -0.555. The number of thioether (sulfide) groups is 1. The van der Waals surface area contributed by atoms with E-state index in [0.717, 1.165) is 11.3 Å². The van der Waals surface area contributed by atoms with E-state index in [4.69, 9.17) is 14.2 Å². The topological polar surface area (TPSA) is 77.1 Å². The zero-order chi connectivity index (χ0) is 21.7. The molecule has 7 nitrogen and oxygen atoms in total. The lowest BCUT2D eigenvalue weighted by atomic mass is 10.1. The molecule has 3 rings (SSSR count). The van der Waals surface area contributed by atoms with E-state index >= 15 is 0 Å². The van der Waals surface area contributed by atoms with E-state index < -0.39 is 6.04 Å². The van der Waals surface area contributed by atoms with Gasteiger partial charge in [-0.25, -0.2) is 0 Å². The first kappa shape index (κ1) is 22.3. The van der Waals surface area contributed by atoms with Crippen LogP contribution >= 0.6 is 23.1 Å². The number of rotatable bonds is 8. The first-order chi connectivity index (χ1) is 14.5. The van der Waals surface area contributed by atoms with E-state index in [2.05, 4.69) is 5.32 Å². The average Bonchev–Trinajstić information content (AvgIpc) is 3.45. The van der Waals surface area contributed by atoms with E-state index in [-0.39, 0.29) is 17.2 Å². The number of benzene rings is 1. The third-order valence-electron chi connectivity index (χ3n) is 4.79. The predicted octanol–water partition coefficient (Wildman–Crippen LogP) is 3.56. The Morgan fingerprint density at radius 2 is 1.87 bits per heavy atom. The number of nitrogens with zero attached hydrogens (tertiary/aromatic N) is 1. The summed E-state index contributed by atoms with van der Waals surface area (Å²) in [5, 5.41) is 4.67. The van der Waals surface area contributed by atoms with Gasteiger partial charge in [0, 0.05) is 22.7 Å². The Kier molecular flexibility index (Phi) is 7.49. The second-order valence-electron chi connectivity index (χ2n) is 6.63. The van der Waals surface area contributed by atoms with E-state index in [1.807, 2.05) is 24.4 Å². The van der Waals surface area contributed by atoms with Crippen molar-refractivity contribution < 1.29 is 23.8 Å². The summed E-state index contributed by atoms with van der Waals surface area (Å²) in [6.07, 6.45) is 0.834. The smallest absolute Gasteiger partial charge is 0.256 e. The predicted molar refractivity (Wildman–Crippen MR) is 119 cm³/mol. The molecule has 2 amide bonds. The quantitative estimate of drug-likeness (QED) is 0.663. The second-order valence-corrected chi connectivity index (χ2v) is 8.73. The molecule has 0 spiro atoms. The molecule has 0 aliphatic carbocycles. The molecule has 2 aromatic rings. The number of hydrogen-bond acceptors (Lipinski definition) is 7. The third kappa shape index (κ3) is 4.37. The van der Waals surface area contributed by atoms with Crippen molar-refractivity contribution in [2.75, 3.05) is 33.6 Å². The maximum atomic E-state index is 13.7. The summed E-state index contributed by atoms with van der Waals surface area (Å²) >= 11 is 3.17. The van der Waals surface area contributed by atoms with Crippen LogP contribution in [-0.4, -0.2) is 56.4 Å². The molecule has 2 unspecified atom stereocenters. The standard InChI is InChI=1S/C21H26N2O5S2/c1-5-8-22-19(24)14-12-30-21(17-7-6-9-29-17)23(14)20(25)13-10-15(26-2)18(28-4)16(11-13)27-3/h6-7,9-11,14,21H,5,8,12H2,1-4H3,(H,22,24). The number of methoxy groups -OCH3 is 3. The van der Waals surface area contributed by atoms with Gasteiger partial charge in [-0.3, -0.25) is 9.59 Å². The summed E-state index contributed by atoms with van der Waals surface area (Å²) < 4.78 is 16.2. The summed E-state index contributed by atoms with van der Waals surface area (Å²) in [5.41, 5.74) is 0.377. The van der Waals surface area contributed by atoms with Crippen molar-refractivity contribution in [1.82, 2.24) is 10.2 Å². The number of carbonyl (C=O) groups excluding carboxylic acids is 2. The number of ether oxygens (including phenoxy) is 3. The largest absolute Gasteiger partial charge is 0.493 e. The van der Waals surface area contributed by atoms with Gasteiger partial charge in [-0.1, -0.05) is 13.0 Å².